The smallest absolute Gasteiger partial charge is 0.407 e. The summed E-state index contributed by atoms with van der Waals surface area (Å²) in [5, 5.41) is 10.1. The Balaban J connectivity index is 1.75. The zero-order valence-electron chi connectivity index (χ0n) is 16.8. The Kier molecular flexibility index (Phi) is 8.04. The van der Waals surface area contributed by atoms with Crippen molar-refractivity contribution in [2.24, 2.45) is 0 Å². The molecule has 1 heterocycles. The van der Waals surface area contributed by atoms with Crippen molar-refractivity contribution in [3.05, 3.63) is 40.7 Å². The van der Waals surface area contributed by atoms with Crippen molar-refractivity contribution < 1.29 is 22.4 Å². The number of nitrogens with zero attached hydrogens (tertiary/aromatic N) is 2. The minimum atomic E-state index is -3.76. The summed E-state index contributed by atoms with van der Waals surface area (Å²) in [5.74, 6) is -0.0344. The molecule has 0 atom stereocenters. The highest BCUT2D eigenvalue weighted by Gasteiger charge is 2.24. The van der Waals surface area contributed by atoms with Gasteiger partial charge in [0, 0.05) is 18.0 Å². The van der Waals surface area contributed by atoms with E-state index in [0.717, 1.165) is 19.3 Å². The highest BCUT2D eigenvalue weighted by atomic mass is 35.5. The molecule has 10 heteroatoms. The second kappa shape index (κ2) is 10.1. The van der Waals surface area contributed by atoms with Gasteiger partial charge in [0.1, 0.15) is 5.60 Å². The Hall–Kier alpha value is -2.13. The molecule has 0 aliphatic rings. The van der Waals surface area contributed by atoms with Crippen LogP contribution in [0.5, 0.6) is 0 Å². The standard InChI is InChI=1S/C19H26ClN3O5S/c1-19(2,3)28-17(24)21-12-8-4-5-11-16-22-23-18(27-16)29(25,26)13-14-9-6-7-10-15(14)20/h6-7,9-10H,4-5,8,11-13H2,1-3H3,(H,21,24). The first-order chi connectivity index (χ1) is 13.6. The molecule has 0 spiro atoms. The molecule has 1 amide bonds. The van der Waals surface area contributed by atoms with E-state index in [2.05, 4.69) is 15.5 Å². The van der Waals surface area contributed by atoms with Crippen LogP contribution in [0.2, 0.25) is 5.02 Å². The van der Waals surface area contributed by atoms with Crippen LogP contribution >= 0.6 is 11.6 Å². The number of hydrogen-bond donors (Lipinski definition) is 1. The maximum atomic E-state index is 12.4. The third kappa shape index (κ3) is 8.02. The minimum Gasteiger partial charge on any atom is -0.444 e. The van der Waals surface area contributed by atoms with Crippen LogP contribution in [-0.4, -0.2) is 36.9 Å². The van der Waals surface area contributed by atoms with Crippen molar-refractivity contribution in [1.82, 2.24) is 15.5 Å². The molecule has 2 aromatic rings. The Morgan fingerprint density at radius 2 is 1.90 bits per heavy atom. The molecule has 2 rings (SSSR count). The molecular formula is C19H26ClN3O5S. The normalized spacial score (nSPS) is 12.0. The summed E-state index contributed by atoms with van der Waals surface area (Å²) in [5.41, 5.74) is -0.0437. The number of benzene rings is 1. The van der Waals surface area contributed by atoms with E-state index < -0.39 is 26.8 Å². The molecule has 1 aromatic carbocycles. The number of aromatic nitrogens is 2. The summed E-state index contributed by atoms with van der Waals surface area (Å²) in [4.78, 5) is 11.5. The van der Waals surface area contributed by atoms with Crippen LogP contribution in [0.15, 0.2) is 33.9 Å². The minimum absolute atomic E-state index is 0.267. The Labute approximate surface area is 175 Å². The van der Waals surface area contributed by atoms with Crippen LogP contribution in [0.25, 0.3) is 0 Å². The number of unbranched alkanes of at least 4 members (excludes halogenated alkanes) is 2. The summed E-state index contributed by atoms with van der Waals surface area (Å²) < 4.78 is 35.3. The summed E-state index contributed by atoms with van der Waals surface area (Å²) in [6.07, 6.45) is 2.30. The first-order valence-corrected chi connectivity index (χ1v) is 11.4. The number of carbonyl (C=O) groups is 1. The molecule has 8 nitrogen and oxygen atoms in total. The van der Waals surface area contributed by atoms with Gasteiger partial charge in [0.2, 0.25) is 15.7 Å². The number of nitrogens with one attached hydrogen (secondary N) is 1. The fraction of sp³-hybridized carbons (Fsp3) is 0.526. The average Bonchev–Trinajstić information content (AvgIpc) is 3.08. The van der Waals surface area contributed by atoms with E-state index in [1.807, 2.05) is 0 Å². The molecule has 0 fully saturated rings. The van der Waals surface area contributed by atoms with Crippen molar-refractivity contribution >= 4 is 27.5 Å². The molecular weight excluding hydrogens is 418 g/mol. The number of carbonyl (C=O) groups excluding carboxylic acids is 1. The zero-order chi connectivity index (χ0) is 21.5. The monoisotopic (exact) mass is 443 g/mol. The predicted octanol–water partition coefficient (Wildman–Crippen LogP) is 3.93. The predicted molar refractivity (Wildman–Crippen MR) is 108 cm³/mol. The van der Waals surface area contributed by atoms with Gasteiger partial charge in [-0.2, -0.15) is 0 Å². The molecule has 0 saturated heterocycles. The number of halogens is 1. The van der Waals surface area contributed by atoms with Crippen molar-refractivity contribution in [2.45, 2.75) is 63.0 Å². The lowest BCUT2D eigenvalue weighted by Gasteiger charge is -2.19. The lowest BCUT2D eigenvalue weighted by Crippen LogP contribution is -2.32. The second-order valence-electron chi connectivity index (χ2n) is 7.55. The maximum absolute atomic E-state index is 12.4. The van der Waals surface area contributed by atoms with E-state index >= 15 is 0 Å². The van der Waals surface area contributed by atoms with Crippen LogP contribution < -0.4 is 5.32 Å². The van der Waals surface area contributed by atoms with Crippen LogP contribution in [-0.2, 0) is 26.7 Å². The van der Waals surface area contributed by atoms with E-state index in [1.54, 1.807) is 45.0 Å². The second-order valence-corrected chi connectivity index (χ2v) is 9.83. The Morgan fingerprint density at radius 1 is 1.17 bits per heavy atom. The molecule has 0 radical (unpaired) electrons. The number of ether oxygens (including phenoxy) is 1. The van der Waals surface area contributed by atoms with Gasteiger partial charge in [-0.3, -0.25) is 0 Å². The number of rotatable bonds is 9. The SMILES string of the molecule is CC(C)(C)OC(=O)NCCCCCc1nnc(S(=O)(=O)Cc2ccccc2Cl)o1. The third-order valence-corrected chi connectivity index (χ3v) is 5.51. The quantitative estimate of drug-likeness (QED) is 0.584. The highest BCUT2D eigenvalue weighted by Crippen LogP contribution is 2.21. The molecule has 160 valence electrons. The fourth-order valence-corrected chi connectivity index (χ4v) is 3.88. The lowest BCUT2D eigenvalue weighted by atomic mass is 10.2. The van der Waals surface area contributed by atoms with E-state index in [0.29, 0.717) is 23.6 Å². The molecule has 1 N–H and O–H groups in total. The topological polar surface area (TPSA) is 111 Å². The van der Waals surface area contributed by atoms with Crippen LogP contribution in [0.1, 0.15) is 51.5 Å². The van der Waals surface area contributed by atoms with Gasteiger partial charge in [-0.1, -0.05) is 41.3 Å². The largest absolute Gasteiger partial charge is 0.444 e. The molecule has 1 aromatic heterocycles. The molecule has 29 heavy (non-hydrogen) atoms. The van der Waals surface area contributed by atoms with E-state index in [9.17, 15) is 13.2 Å². The van der Waals surface area contributed by atoms with Gasteiger partial charge in [-0.25, -0.2) is 13.2 Å². The van der Waals surface area contributed by atoms with Crippen LogP contribution in [0.4, 0.5) is 4.79 Å². The molecule has 0 aliphatic heterocycles. The lowest BCUT2D eigenvalue weighted by molar-refractivity contribution is 0.0527. The van der Waals surface area contributed by atoms with Crippen molar-refractivity contribution in [3.63, 3.8) is 0 Å². The molecule has 0 aliphatic carbocycles. The van der Waals surface area contributed by atoms with Crippen LogP contribution in [0, 0.1) is 0 Å². The number of amides is 1. The molecule has 0 bridgehead atoms. The average molecular weight is 444 g/mol. The van der Waals surface area contributed by atoms with Gasteiger partial charge < -0.3 is 14.5 Å². The van der Waals surface area contributed by atoms with Gasteiger partial charge in [0.05, 0.1) is 5.75 Å². The number of hydrogen-bond acceptors (Lipinski definition) is 7. The van der Waals surface area contributed by atoms with Gasteiger partial charge in [0.25, 0.3) is 0 Å². The van der Waals surface area contributed by atoms with E-state index in [1.165, 1.54) is 0 Å². The summed E-state index contributed by atoms with van der Waals surface area (Å²) >= 11 is 6.02. The number of sulfone groups is 1. The van der Waals surface area contributed by atoms with Gasteiger partial charge in [-0.15, -0.1) is 5.10 Å². The van der Waals surface area contributed by atoms with Crippen LogP contribution in [0.3, 0.4) is 0 Å². The number of aryl methyl sites for hydroxylation is 1. The number of alkyl carbamates (subject to hydrolysis) is 1. The summed E-state index contributed by atoms with van der Waals surface area (Å²) in [7, 11) is -3.76. The fourth-order valence-electron chi connectivity index (χ4n) is 2.43. The summed E-state index contributed by atoms with van der Waals surface area (Å²) in [6, 6.07) is 6.71. The summed E-state index contributed by atoms with van der Waals surface area (Å²) in [6.45, 7) is 5.91. The van der Waals surface area contributed by atoms with E-state index in [-0.39, 0.29) is 11.6 Å². The van der Waals surface area contributed by atoms with E-state index in [4.69, 9.17) is 20.8 Å². The zero-order valence-corrected chi connectivity index (χ0v) is 18.3. The maximum Gasteiger partial charge on any atom is 0.407 e. The van der Waals surface area contributed by atoms with Crippen molar-refractivity contribution in [3.8, 4) is 0 Å². The van der Waals surface area contributed by atoms with Crippen molar-refractivity contribution in [1.29, 1.82) is 0 Å². The molecule has 0 unspecified atom stereocenters. The molecule has 0 saturated carbocycles. The third-order valence-electron chi connectivity index (χ3n) is 3.75. The van der Waals surface area contributed by atoms with Gasteiger partial charge in [-0.05, 0) is 45.2 Å². The highest BCUT2D eigenvalue weighted by molar-refractivity contribution is 7.90. The van der Waals surface area contributed by atoms with Gasteiger partial charge in [0.15, 0.2) is 0 Å². The van der Waals surface area contributed by atoms with Crippen molar-refractivity contribution in [2.75, 3.05) is 6.54 Å². The first-order valence-electron chi connectivity index (χ1n) is 9.32. The first kappa shape index (κ1) is 23.2. The van der Waals surface area contributed by atoms with Gasteiger partial charge >= 0.3 is 11.3 Å². The Bertz CT molecular complexity index is 922. The Morgan fingerprint density at radius 3 is 2.59 bits per heavy atom.